The second-order valence-corrected chi connectivity index (χ2v) is 2.65. The third-order valence-corrected chi connectivity index (χ3v) is 1.78. The molecule has 0 saturated carbocycles. The van der Waals surface area contributed by atoms with Gasteiger partial charge in [-0.25, -0.2) is 4.79 Å². The minimum absolute atomic E-state index is 0.322. The average molecular weight is 190 g/mol. The molecule has 14 heavy (non-hydrogen) atoms. The van der Waals surface area contributed by atoms with E-state index in [-0.39, 0.29) is 0 Å². The van der Waals surface area contributed by atoms with E-state index >= 15 is 0 Å². The summed E-state index contributed by atoms with van der Waals surface area (Å²) in [7, 11) is 1.18. The van der Waals surface area contributed by atoms with E-state index in [1.807, 2.05) is 0 Å². The van der Waals surface area contributed by atoms with Crippen molar-refractivity contribution in [1.82, 2.24) is 0 Å². The first-order valence-electron chi connectivity index (χ1n) is 4.04. The number of hydrogen-bond donors (Lipinski definition) is 0. The standard InChI is InChI=1S/C11H10O3/c1-3-8-4-6-9(7-5-8)10(12)11(13)14-2/h3-7H,1H2,2H3. The predicted molar refractivity (Wildman–Crippen MR) is 52.9 cm³/mol. The summed E-state index contributed by atoms with van der Waals surface area (Å²) in [6.07, 6.45) is 1.66. The van der Waals surface area contributed by atoms with Crippen LogP contribution in [0.5, 0.6) is 0 Å². The quantitative estimate of drug-likeness (QED) is 0.414. The van der Waals surface area contributed by atoms with Gasteiger partial charge in [-0.1, -0.05) is 36.9 Å². The number of ether oxygens (including phenoxy) is 1. The Balaban J connectivity index is 2.92. The molecule has 3 nitrogen and oxygen atoms in total. The molecule has 0 bridgehead atoms. The van der Waals surface area contributed by atoms with Gasteiger partial charge in [-0.3, -0.25) is 4.79 Å². The van der Waals surface area contributed by atoms with E-state index in [4.69, 9.17) is 0 Å². The Kier molecular flexibility index (Phi) is 3.18. The molecule has 0 atom stereocenters. The van der Waals surface area contributed by atoms with E-state index in [0.29, 0.717) is 5.56 Å². The van der Waals surface area contributed by atoms with Crippen LogP contribution in [0.15, 0.2) is 30.8 Å². The zero-order valence-corrected chi connectivity index (χ0v) is 7.82. The zero-order valence-electron chi connectivity index (χ0n) is 7.82. The van der Waals surface area contributed by atoms with Crippen molar-refractivity contribution in [3.63, 3.8) is 0 Å². The van der Waals surface area contributed by atoms with Gasteiger partial charge in [0.15, 0.2) is 0 Å². The molecule has 0 aromatic heterocycles. The highest BCUT2D eigenvalue weighted by Crippen LogP contribution is 2.06. The molecule has 3 heteroatoms. The molecule has 1 rings (SSSR count). The maximum atomic E-state index is 11.3. The first kappa shape index (κ1) is 10.2. The number of ketones is 1. The molecular formula is C11H10O3. The highest BCUT2D eigenvalue weighted by molar-refractivity contribution is 6.40. The molecule has 1 aromatic rings. The lowest BCUT2D eigenvalue weighted by Crippen LogP contribution is -2.15. The molecule has 0 aliphatic rings. The van der Waals surface area contributed by atoms with Crippen LogP contribution in [0.1, 0.15) is 15.9 Å². The van der Waals surface area contributed by atoms with E-state index < -0.39 is 11.8 Å². The van der Waals surface area contributed by atoms with Crippen molar-refractivity contribution in [1.29, 1.82) is 0 Å². The van der Waals surface area contributed by atoms with Crippen molar-refractivity contribution < 1.29 is 14.3 Å². The lowest BCUT2D eigenvalue weighted by Gasteiger charge is -1.99. The molecule has 0 N–H and O–H groups in total. The Hall–Kier alpha value is -1.90. The molecule has 0 aliphatic heterocycles. The number of carbonyl (C=O) groups excluding carboxylic acids is 2. The van der Waals surface area contributed by atoms with Crippen LogP contribution in [0.2, 0.25) is 0 Å². The summed E-state index contributed by atoms with van der Waals surface area (Å²) in [6.45, 7) is 3.58. The smallest absolute Gasteiger partial charge is 0.379 e. The number of rotatable bonds is 3. The molecule has 1 aromatic carbocycles. The number of methoxy groups -OCH3 is 1. The van der Waals surface area contributed by atoms with Gasteiger partial charge < -0.3 is 4.74 Å². The lowest BCUT2D eigenvalue weighted by atomic mass is 10.1. The Morgan fingerprint density at radius 2 is 1.86 bits per heavy atom. The van der Waals surface area contributed by atoms with Crippen LogP contribution in [0.4, 0.5) is 0 Å². The number of carbonyl (C=O) groups is 2. The van der Waals surface area contributed by atoms with Gasteiger partial charge in [0.05, 0.1) is 7.11 Å². The van der Waals surface area contributed by atoms with Crippen LogP contribution in [-0.4, -0.2) is 18.9 Å². The molecule has 0 fully saturated rings. The van der Waals surface area contributed by atoms with Crippen LogP contribution in [0, 0.1) is 0 Å². The average Bonchev–Trinajstić information content (AvgIpc) is 2.27. The Labute approximate surface area is 82.0 Å². The molecule has 0 spiro atoms. The SMILES string of the molecule is C=Cc1ccc(C(=O)C(=O)OC)cc1. The second kappa shape index (κ2) is 4.37. The summed E-state index contributed by atoms with van der Waals surface area (Å²) in [5, 5.41) is 0. The summed E-state index contributed by atoms with van der Waals surface area (Å²) >= 11 is 0. The Morgan fingerprint density at radius 1 is 1.29 bits per heavy atom. The summed E-state index contributed by atoms with van der Waals surface area (Å²) in [5.74, 6) is -1.49. The maximum Gasteiger partial charge on any atom is 0.379 e. The van der Waals surface area contributed by atoms with Crippen molar-refractivity contribution in [2.45, 2.75) is 0 Å². The number of Topliss-reactive ketones (excluding diaryl/α,β-unsaturated/α-hetero) is 1. The van der Waals surface area contributed by atoms with Crippen molar-refractivity contribution >= 4 is 17.8 Å². The molecule has 0 aliphatic carbocycles. The highest BCUT2D eigenvalue weighted by Gasteiger charge is 2.15. The van der Waals surface area contributed by atoms with Crippen LogP contribution in [0.3, 0.4) is 0 Å². The van der Waals surface area contributed by atoms with Gasteiger partial charge >= 0.3 is 5.97 Å². The second-order valence-electron chi connectivity index (χ2n) is 2.65. The molecule has 0 saturated heterocycles. The maximum absolute atomic E-state index is 11.3. The molecule has 0 amide bonds. The summed E-state index contributed by atoms with van der Waals surface area (Å²) in [5.41, 5.74) is 1.22. The van der Waals surface area contributed by atoms with Crippen LogP contribution in [0.25, 0.3) is 6.08 Å². The molecular weight excluding hydrogens is 180 g/mol. The van der Waals surface area contributed by atoms with Crippen LogP contribution in [-0.2, 0) is 9.53 Å². The van der Waals surface area contributed by atoms with Gasteiger partial charge in [-0.15, -0.1) is 0 Å². The van der Waals surface area contributed by atoms with E-state index in [2.05, 4.69) is 11.3 Å². The third-order valence-electron chi connectivity index (χ3n) is 1.78. The van der Waals surface area contributed by atoms with Crippen LogP contribution < -0.4 is 0 Å². The van der Waals surface area contributed by atoms with E-state index in [1.54, 1.807) is 30.3 Å². The highest BCUT2D eigenvalue weighted by atomic mass is 16.5. The Bertz CT molecular complexity index is 363. The van der Waals surface area contributed by atoms with Crippen molar-refractivity contribution in [2.24, 2.45) is 0 Å². The summed E-state index contributed by atoms with van der Waals surface area (Å²) in [4.78, 5) is 22.1. The fourth-order valence-electron chi connectivity index (χ4n) is 0.981. The first-order chi connectivity index (χ1) is 6.69. The van der Waals surface area contributed by atoms with Gasteiger partial charge in [0.25, 0.3) is 5.78 Å². The van der Waals surface area contributed by atoms with Gasteiger partial charge in [-0.05, 0) is 5.56 Å². The fraction of sp³-hybridized carbons (Fsp3) is 0.0909. The third kappa shape index (κ3) is 2.07. The monoisotopic (exact) mass is 190 g/mol. The first-order valence-corrected chi connectivity index (χ1v) is 4.04. The number of hydrogen-bond acceptors (Lipinski definition) is 3. The van der Waals surface area contributed by atoms with E-state index in [9.17, 15) is 9.59 Å². The number of esters is 1. The van der Waals surface area contributed by atoms with Crippen molar-refractivity contribution in [3.8, 4) is 0 Å². The number of benzene rings is 1. The van der Waals surface area contributed by atoms with Gasteiger partial charge in [0.2, 0.25) is 0 Å². The topological polar surface area (TPSA) is 43.4 Å². The largest absolute Gasteiger partial charge is 0.463 e. The zero-order chi connectivity index (χ0) is 10.6. The van der Waals surface area contributed by atoms with E-state index in [1.165, 1.54) is 7.11 Å². The molecule has 0 heterocycles. The predicted octanol–water partition coefficient (Wildman–Crippen LogP) is 1.69. The normalized spacial score (nSPS) is 9.21. The summed E-state index contributed by atoms with van der Waals surface area (Å²) in [6, 6.07) is 6.55. The van der Waals surface area contributed by atoms with Crippen molar-refractivity contribution in [3.05, 3.63) is 42.0 Å². The van der Waals surface area contributed by atoms with Gasteiger partial charge in [-0.2, -0.15) is 0 Å². The van der Waals surface area contributed by atoms with E-state index in [0.717, 1.165) is 5.56 Å². The molecule has 0 radical (unpaired) electrons. The minimum atomic E-state index is -0.851. The minimum Gasteiger partial charge on any atom is -0.463 e. The fourth-order valence-corrected chi connectivity index (χ4v) is 0.981. The lowest BCUT2D eigenvalue weighted by molar-refractivity contribution is -0.135. The van der Waals surface area contributed by atoms with Gasteiger partial charge in [0, 0.05) is 5.56 Å². The molecule has 0 unspecified atom stereocenters. The molecule has 72 valence electrons. The summed E-state index contributed by atoms with van der Waals surface area (Å²) < 4.78 is 4.31. The Morgan fingerprint density at radius 3 is 2.29 bits per heavy atom. The van der Waals surface area contributed by atoms with Crippen molar-refractivity contribution in [2.75, 3.05) is 7.11 Å². The van der Waals surface area contributed by atoms with Crippen LogP contribution >= 0.6 is 0 Å². The van der Waals surface area contributed by atoms with Gasteiger partial charge in [0.1, 0.15) is 0 Å².